The molecule has 0 radical (unpaired) electrons. The van der Waals surface area contributed by atoms with Crippen LogP contribution in [0.3, 0.4) is 0 Å². The number of benzene rings is 1. The second-order valence-electron chi connectivity index (χ2n) is 4.72. The van der Waals surface area contributed by atoms with Crippen molar-refractivity contribution in [2.45, 2.75) is 32.9 Å². The monoisotopic (exact) mass is 247 g/mol. The molecule has 1 aromatic rings. The third-order valence-corrected chi connectivity index (χ3v) is 3.60. The van der Waals surface area contributed by atoms with E-state index in [2.05, 4.69) is 35.3 Å². The summed E-state index contributed by atoms with van der Waals surface area (Å²) in [4.78, 5) is 14.0. The summed E-state index contributed by atoms with van der Waals surface area (Å²) in [5, 5.41) is 2.92. The van der Waals surface area contributed by atoms with Gasteiger partial charge in [-0.15, -0.1) is 0 Å². The molecule has 0 spiro atoms. The highest BCUT2D eigenvalue weighted by Gasteiger charge is 2.28. The molecule has 1 fully saturated rings. The number of nitrogens with one attached hydrogen (secondary N) is 1. The van der Waals surface area contributed by atoms with E-state index in [0.29, 0.717) is 13.1 Å². The van der Waals surface area contributed by atoms with Crippen molar-refractivity contribution in [3.63, 3.8) is 0 Å². The van der Waals surface area contributed by atoms with Crippen molar-refractivity contribution in [3.8, 4) is 0 Å². The number of hydrogen-bond acceptors (Lipinski definition) is 3. The van der Waals surface area contributed by atoms with E-state index < -0.39 is 0 Å². The van der Waals surface area contributed by atoms with Crippen LogP contribution in [0.2, 0.25) is 0 Å². The van der Waals surface area contributed by atoms with Gasteiger partial charge in [0, 0.05) is 25.3 Å². The third kappa shape index (κ3) is 2.34. The molecular formula is C14H21N3O. The first kappa shape index (κ1) is 12.9. The summed E-state index contributed by atoms with van der Waals surface area (Å²) in [7, 11) is 0. The Kier molecular flexibility index (Phi) is 3.87. The topological polar surface area (TPSA) is 58.4 Å². The molecule has 2 rings (SSSR count). The smallest absolute Gasteiger partial charge is 0.242 e. The average Bonchev–Trinajstić information content (AvgIpc) is 2.38. The van der Waals surface area contributed by atoms with E-state index in [4.69, 9.17) is 5.73 Å². The van der Waals surface area contributed by atoms with Gasteiger partial charge < -0.3 is 16.0 Å². The van der Waals surface area contributed by atoms with Crippen LogP contribution in [-0.2, 0) is 11.3 Å². The van der Waals surface area contributed by atoms with Crippen LogP contribution in [0.1, 0.15) is 24.5 Å². The van der Waals surface area contributed by atoms with E-state index in [0.717, 1.165) is 24.2 Å². The summed E-state index contributed by atoms with van der Waals surface area (Å²) in [5.41, 5.74) is 9.15. The van der Waals surface area contributed by atoms with Gasteiger partial charge >= 0.3 is 0 Å². The van der Waals surface area contributed by atoms with E-state index in [1.165, 1.54) is 5.56 Å². The van der Waals surface area contributed by atoms with E-state index in [-0.39, 0.29) is 11.9 Å². The highest BCUT2D eigenvalue weighted by atomic mass is 16.2. The van der Waals surface area contributed by atoms with Crippen LogP contribution >= 0.6 is 0 Å². The molecule has 4 nitrogen and oxygen atoms in total. The van der Waals surface area contributed by atoms with Crippen molar-refractivity contribution in [2.24, 2.45) is 5.73 Å². The van der Waals surface area contributed by atoms with Crippen molar-refractivity contribution in [3.05, 3.63) is 29.3 Å². The maximum absolute atomic E-state index is 11.8. The third-order valence-electron chi connectivity index (χ3n) is 3.60. The van der Waals surface area contributed by atoms with Crippen molar-refractivity contribution in [1.29, 1.82) is 0 Å². The number of hydrogen-bond donors (Lipinski definition) is 2. The number of aryl methyl sites for hydroxylation is 1. The van der Waals surface area contributed by atoms with Crippen molar-refractivity contribution < 1.29 is 4.79 Å². The summed E-state index contributed by atoms with van der Waals surface area (Å²) in [6, 6.07) is 6.20. The molecule has 1 aliphatic heterocycles. The second kappa shape index (κ2) is 5.40. The van der Waals surface area contributed by atoms with Gasteiger partial charge in [0.15, 0.2) is 0 Å². The largest absolute Gasteiger partial charge is 0.358 e. The highest BCUT2D eigenvalue weighted by molar-refractivity contribution is 5.86. The molecule has 1 atom stereocenters. The molecule has 1 amide bonds. The first-order chi connectivity index (χ1) is 8.67. The second-order valence-corrected chi connectivity index (χ2v) is 4.72. The SMILES string of the molecule is CCC1C(=O)NCCN1c1ccc(CN)c(C)c1. The van der Waals surface area contributed by atoms with Gasteiger partial charge in [0.25, 0.3) is 0 Å². The number of amides is 1. The van der Waals surface area contributed by atoms with Gasteiger partial charge in [-0.05, 0) is 36.6 Å². The number of carbonyl (C=O) groups is 1. The lowest BCUT2D eigenvalue weighted by molar-refractivity contribution is -0.123. The van der Waals surface area contributed by atoms with E-state index in [1.807, 2.05) is 6.92 Å². The lowest BCUT2D eigenvalue weighted by Gasteiger charge is -2.36. The Balaban J connectivity index is 2.29. The van der Waals surface area contributed by atoms with Crippen molar-refractivity contribution in [1.82, 2.24) is 5.32 Å². The summed E-state index contributed by atoms with van der Waals surface area (Å²) in [5.74, 6) is 0.129. The van der Waals surface area contributed by atoms with Gasteiger partial charge in [0.2, 0.25) is 5.91 Å². The van der Waals surface area contributed by atoms with Crippen molar-refractivity contribution in [2.75, 3.05) is 18.0 Å². The minimum atomic E-state index is -0.0538. The lowest BCUT2D eigenvalue weighted by atomic mass is 10.0. The quantitative estimate of drug-likeness (QED) is 0.843. The van der Waals surface area contributed by atoms with Gasteiger partial charge in [-0.1, -0.05) is 13.0 Å². The van der Waals surface area contributed by atoms with Gasteiger partial charge in [-0.25, -0.2) is 0 Å². The first-order valence-corrected chi connectivity index (χ1v) is 6.51. The predicted octanol–water partition coefficient (Wildman–Crippen LogP) is 1.17. The molecule has 18 heavy (non-hydrogen) atoms. The molecule has 0 aliphatic carbocycles. The standard InChI is InChI=1S/C14H21N3O/c1-3-13-14(18)16-6-7-17(13)12-5-4-11(9-15)10(2)8-12/h4-5,8,13H,3,6-7,9,15H2,1-2H3,(H,16,18). The molecule has 0 saturated carbocycles. The minimum Gasteiger partial charge on any atom is -0.358 e. The van der Waals surface area contributed by atoms with Gasteiger partial charge in [-0.3, -0.25) is 4.79 Å². The highest BCUT2D eigenvalue weighted by Crippen LogP contribution is 2.23. The fourth-order valence-electron chi connectivity index (χ4n) is 2.52. The molecule has 1 aliphatic rings. The van der Waals surface area contributed by atoms with Crippen LogP contribution in [0.25, 0.3) is 0 Å². The molecule has 98 valence electrons. The number of rotatable bonds is 3. The molecule has 3 N–H and O–H groups in total. The Hall–Kier alpha value is -1.55. The van der Waals surface area contributed by atoms with Gasteiger partial charge in [0.05, 0.1) is 0 Å². The molecular weight excluding hydrogens is 226 g/mol. The maximum Gasteiger partial charge on any atom is 0.242 e. The predicted molar refractivity (Wildman–Crippen MR) is 73.5 cm³/mol. The fraction of sp³-hybridized carbons (Fsp3) is 0.500. The average molecular weight is 247 g/mol. The van der Waals surface area contributed by atoms with Crippen LogP contribution in [-0.4, -0.2) is 25.0 Å². The zero-order valence-electron chi connectivity index (χ0n) is 11.1. The Bertz CT molecular complexity index is 445. The summed E-state index contributed by atoms with van der Waals surface area (Å²) in [6.45, 7) is 6.25. The zero-order valence-corrected chi connectivity index (χ0v) is 11.1. The first-order valence-electron chi connectivity index (χ1n) is 6.51. The normalized spacial score (nSPS) is 19.8. The summed E-state index contributed by atoms with van der Waals surface area (Å²) >= 11 is 0. The number of anilines is 1. The maximum atomic E-state index is 11.8. The number of nitrogens with two attached hydrogens (primary N) is 1. The number of piperazine rings is 1. The van der Waals surface area contributed by atoms with E-state index in [1.54, 1.807) is 0 Å². The van der Waals surface area contributed by atoms with Crippen molar-refractivity contribution >= 4 is 11.6 Å². The van der Waals surface area contributed by atoms with Gasteiger partial charge in [-0.2, -0.15) is 0 Å². The Morgan fingerprint density at radius 3 is 2.89 bits per heavy atom. The molecule has 4 heteroatoms. The van der Waals surface area contributed by atoms with E-state index >= 15 is 0 Å². The Morgan fingerprint density at radius 2 is 2.28 bits per heavy atom. The number of nitrogens with zero attached hydrogens (tertiary/aromatic N) is 1. The molecule has 1 unspecified atom stereocenters. The molecule has 1 heterocycles. The van der Waals surface area contributed by atoms with Crippen LogP contribution in [0.15, 0.2) is 18.2 Å². The molecule has 1 aromatic carbocycles. The lowest BCUT2D eigenvalue weighted by Crippen LogP contribution is -2.55. The Morgan fingerprint density at radius 1 is 1.50 bits per heavy atom. The van der Waals surface area contributed by atoms with Crippen LogP contribution in [0.5, 0.6) is 0 Å². The minimum absolute atomic E-state index is 0.0538. The van der Waals surface area contributed by atoms with Gasteiger partial charge in [0.1, 0.15) is 6.04 Å². The van der Waals surface area contributed by atoms with Crippen LogP contribution < -0.4 is 16.0 Å². The van der Waals surface area contributed by atoms with Crippen LogP contribution in [0.4, 0.5) is 5.69 Å². The van der Waals surface area contributed by atoms with Crippen LogP contribution in [0, 0.1) is 6.92 Å². The molecule has 1 saturated heterocycles. The Labute approximate surface area is 108 Å². The van der Waals surface area contributed by atoms with E-state index in [9.17, 15) is 4.79 Å². The molecule has 0 bridgehead atoms. The number of carbonyl (C=O) groups excluding carboxylic acids is 1. The fourth-order valence-corrected chi connectivity index (χ4v) is 2.52. The summed E-state index contributed by atoms with van der Waals surface area (Å²) < 4.78 is 0. The molecule has 0 aromatic heterocycles. The summed E-state index contributed by atoms with van der Waals surface area (Å²) in [6.07, 6.45) is 0.823. The zero-order chi connectivity index (χ0) is 13.1.